The first-order valence-corrected chi connectivity index (χ1v) is 17.2. The fraction of sp³-hybridized carbons (Fsp3) is 0.933. The lowest BCUT2D eigenvalue weighted by atomic mass is 9.77. The lowest BCUT2D eigenvalue weighted by Gasteiger charge is -2.48. The summed E-state index contributed by atoms with van der Waals surface area (Å²) in [5, 5.41) is 58.9. The number of hydrogen-bond donors (Lipinski definition) is 12. The molecule has 4 fully saturated rings. The van der Waals surface area contributed by atoms with E-state index >= 15 is 4.39 Å². The summed E-state index contributed by atoms with van der Waals surface area (Å²) >= 11 is 0. The zero-order valence-electron chi connectivity index (χ0n) is 27.7. The number of aliphatic hydroxyl groups excluding tert-OH is 5. The molecule has 0 spiro atoms. The molecule has 0 amide bonds. The van der Waals surface area contributed by atoms with Gasteiger partial charge in [0, 0.05) is 25.6 Å². The van der Waals surface area contributed by atoms with Gasteiger partial charge in [0.05, 0.1) is 37.0 Å². The highest BCUT2D eigenvalue weighted by Crippen LogP contribution is 2.37. The van der Waals surface area contributed by atoms with Crippen molar-refractivity contribution in [3.05, 3.63) is 0 Å². The highest BCUT2D eigenvalue weighted by molar-refractivity contribution is 5.83. The van der Waals surface area contributed by atoms with Crippen LogP contribution in [0.3, 0.4) is 0 Å². The molecule has 0 aromatic heterocycles. The molecular weight excluding hydrogens is 651 g/mol. The van der Waals surface area contributed by atoms with Crippen molar-refractivity contribution in [2.45, 2.75) is 124 Å². The molecule has 284 valence electrons. The largest absolute Gasteiger partial charge is 0.394 e. The average Bonchev–Trinajstić information content (AvgIpc) is 3.08. The van der Waals surface area contributed by atoms with Gasteiger partial charge in [-0.25, -0.2) is 4.39 Å². The van der Waals surface area contributed by atoms with Gasteiger partial charge in [0.1, 0.15) is 30.5 Å². The number of ether oxygens (including phenoxy) is 4. The molecule has 6 unspecified atom stereocenters. The molecule has 49 heavy (non-hydrogen) atoms. The van der Waals surface area contributed by atoms with Gasteiger partial charge in [0.25, 0.3) is 0 Å². The van der Waals surface area contributed by atoms with E-state index in [4.69, 9.17) is 47.6 Å². The molecule has 1 aliphatic carbocycles. The first-order chi connectivity index (χ1) is 23.4. The summed E-state index contributed by atoms with van der Waals surface area (Å²) in [4.78, 5) is 17.3. The van der Waals surface area contributed by atoms with E-state index < -0.39 is 104 Å². The van der Waals surface area contributed by atoms with Crippen molar-refractivity contribution in [1.29, 1.82) is 0 Å². The van der Waals surface area contributed by atoms with Crippen LogP contribution in [0.15, 0.2) is 4.99 Å². The topological polar surface area (TPSA) is 322 Å². The number of Topliss-reactive ketones (excluding diaryl/α,β-unsaturated/α-hetero) is 1. The molecule has 19 heteroatoms. The van der Waals surface area contributed by atoms with Crippen molar-refractivity contribution >= 4 is 11.7 Å². The molecule has 0 bridgehead atoms. The standard InChI is InChI=1S/C30H57FN8O10/c31-22-26(48-29-25(45)23(24(44)21(12-40)47-29)39-30(36)38-11-13-2-1-5-37-10-13)14(7-18(42)17(41)3-4-32)6-15(34)27(22)49-28-16(35)8-19(43)20(9-33)46-28/h13-17,19-29,37,40-41,43-45H,1-12,32-35H2,(H3,36,38,39)/t13-,14-,15?,16?,17-,19-,20?,21+,22+,23?,24+,25+,26?,27+,28+,29?/m0/s1. The maximum absolute atomic E-state index is 16.7. The van der Waals surface area contributed by atoms with E-state index in [2.05, 4.69) is 15.6 Å². The molecule has 16 atom stereocenters. The van der Waals surface area contributed by atoms with Crippen LogP contribution >= 0.6 is 0 Å². The maximum atomic E-state index is 16.7. The van der Waals surface area contributed by atoms with Gasteiger partial charge in [0.2, 0.25) is 0 Å². The third-order valence-electron chi connectivity index (χ3n) is 9.90. The molecule has 3 aliphatic heterocycles. The number of rotatable bonds is 14. The zero-order valence-corrected chi connectivity index (χ0v) is 27.7. The number of carbonyl (C=O) groups is 1. The number of ketones is 1. The predicted octanol–water partition coefficient (Wildman–Crippen LogP) is -5.42. The summed E-state index contributed by atoms with van der Waals surface area (Å²) in [6, 6.07) is -3.09. The number of nitrogens with one attached hydrogen (secondary N) is 2. The van der Waals surface area contributed by atoms with Crippen molar-refractivity contribution < 1.29 is 53.7 Å². The summed E-state index contributed by atoms with van der Waals surface area (Å²) < 4.78 is 40.2. The fourth-order valence-corrected chi connectivity index (χ4v) is 7.03. The Kier molecular flexibility index (Phi) is 15.3. The quantitative estimate of drug-likeness (QED) is 0.0592. The second-order valence-electron chi connectivity index (χ2n) is 13.6. The Morgan fingerprint density at radius 2 is 1.76 bits per heavy atom. The molecule has 3 saturated heterocycles. The molecule has 17 N–H and O–H groups in total. The Labute approximate surface area is 285 Å². The molecule has 0 aromatic carbocycles. The first kappa shape index (κ1) is 40.1. The molecular formula is C30H57FN8O10. The van der Waals surface area contributed by atoms with E-state index in [1.807, 2.05) is 0 Å². The molecule has 1 saturated carbocycles. The van der Waals surface area contributed by atoms with Crippen molar-refractivity contribution in [1.82, 2.24) is 10.6 Å². The Hall–Kier alpha value is -1.69. The van der Waals surface area contributed by atoms with Gasteiger partial charge in [0.15, 0.2) is 30.5 Å². The second-order valence-corrected chi connectivity index (χ2v) is 13.6. The van der Waals surface area contributed by atoms with Crippen LogP contribution in [-0.4, -0.2) is 162 Å². The van der Waals surface area contributed by atoms with Crippen LogP contribution in [0.4, 0.5) is 4.39 Å². The number of carbonyl (C=O) groups excluding carboxylic acids is 1. The highest BCUT2D eigenvalue weighted by atomic mass is 19.1. The van der Waals surface area contributed by atoms with Crippen LogP contribution in [0.2, 0.25) is 0 Å². The molecule has 4 rings (SSSR count). The highest BCUT2D eigenvalue weighted by Gasteiger charge is 2.52. The van der Waals surface area contributed by atoms with E-state index in [0.29, 0.717) is 6.54 Å². The number of guanidine groups is 1. The lowest BCUT2D eigenvalue weighted by Crippen LogP contribution is -2.67. The van der Waals surface area contributed by atoms with Gasteiger partial charge < -0.3 is 83.8 Å². The van der Waals surface area contributed by atoms with E-state index in [9.17, 15) is 30.3 Å². The minimum absolute atomic E-state index is 0.00685. The van der Waals surface area contributed by atoms with Crippen LogP contribution in [-0.2, 0) is 23.7 Å². The third kappa shape index (κ3) is 10.2. The number of nitrogens with zero attached hydrogens (tertiary/aromatic N) is 1. The minimum atomic E-state index is -2.05. The number of alkyl halides is 1. The minimum Gasteiger partial charge on any atom is -0.394 e. The summed E-state index contributed by atoms with van der Waals surface area (Å²) in [7, 11) is 0. The smallest absolute Gasteiger partial charge is 0.188 e. The number of hydrogen-bond acceptors (Lipinski definition) is 16. The summed E-state index contributed by atoms with van der Waals surface area (Å²) in [5.74, 6) is -1.34. The predicted molar refractivity (Wildman–Crippen MR) is 173 cm³/mol. The Morgan fingerprint density at radius 3 is 2.41 bits per heavy atom. The molecule has 3 heterocycles. The van der Waals surface area contributed by atoms with E-state index in [0.717, 1.165) is 25.9 Å². The fourth-order valence-electron chi connectivity index (χ4n) is 7.03. The van der Waals surface area contributed by atoms with Gasteiger partial charge >= 0.3 is 0 Å². The summed E-state index contributed by atoms with van der Waals surface area (Å²) in [6.07, 6.45) is -13.6. The lowest BCUT2D eigenvalue weighted by molar-refractivity contribution is -0.315. The van der Waals surface area contributed by atoms with Crippen LogP contribution in [0.1, 0.15) is 38.5 Å². The number of aliphatic hydroxyl groups is 5. The van der Waals surface area contributed by atoms with Crippen LogP contribution in [0, 0.1) is 11.8 Å². The van der Waals surface area contributed by atoms with E-state index in [-0.39, 0.29) is 50.7 Å². The van der Waals surface area contributed by atoms with Gasteiger partial charge in [-0.3, -0.25) is 9.79 Å². The Balaban J connectivity index is 1.54. The zero-order chi connectivity index (χ0) is 35.8. The Bertz CT molecular complexity index is 1070. The number of piperidine rings is 1. The average molecular weight is 709 g/mol. The summed E-state index contributed by atoms with van der Waals surface area (Å²) in [5.41, 5.74) is 29.9. The van der Waals surface area contributed by atoms with Crippen molar-refractivity contribution in [3.63, 3.8) is 0 Å². The van der Waals surface area contributed by atoms with Crippen molar-refractivity contribution in [2.75, 3.05) is 39.3 Å². The van der Waals surface area contributed by atoms with Gasteiger partial charge in [-0.05, 0) is 63.6 Å². The summed E-state index contributed by atoms with van der Waals surface area (Å²) in [6.45, 7) is 1.44. The van der Waals surface area contributed by atoms with E-state index in [1.165, 1.54) is 0 Å². The number of nitrogens with two attached hydrogens (primary N) is 5. The Morgan fingerprint density at radius 1 is 1.04 bits per heavy atom. The maximum Gasteiger partial charge on any atom is 0.188 e. The molecule has 4 aliphatic rings. The number of halogens is 1. The van der Waals surface area contributed by atoms with Crippen LogP contribution in [0.25, 0.3) is 0 Å². The number of aliphatic imine (C=N–C) groups is 1. The van der Waals surface area contributed by atoms with Crippen molar-refractivity contribution in [2.24, 2.45) is 45.5 Å². The monoisotopic (exact) mass is 708 g/mol. The van der Waals surface area contributed by atoms with Crippen LogP contribution < -0.4 is 39.3 Å². The van der Waals surface area contributed by atoms with Gasteiger partial charge in [-0.15, -0.1) is 0 Å². The van der Waals surface area contributed by atoms with E-state index in [1.54, 1.807) is 0 Å². The second kappa shape index (κ2) is 18.7. The van der Waals surface area contributed by atoms with Crippen LogP contribution in [0.5, 0.6) is 0 Å². The third-order valence-corrected chi connectivity index (χ3v) is 9.90. The first-order valence-electron chi connectivity index (χ1n) is 17.2. The normalized spacial score (nSPS) is 42.8. The molecule has 0 aromatic rings. The molecule has 18 nitrogen and oxygen atoms in total. The van der Waals surface area contributed by atoms with Gasteiger partial charge in [-0.2, -0.15) is 0 Å². The van der Waals surface area contributed by atoms with Gasteiger partial charge in [-0.1, -0.05) is 0 Å². The van der Waals surface area contributed by atoms with Crippen molar-refractivity contribution in [3.8, 4) is 0 Å². The SMILES string of the molecule is NCC[C@H](O)C(=O)C[C@@H]1CC(N)[C@@H](O[C@H]2OC(CN)[C@@H](O)CC2N)[C@H](F)C1OC1O[C@H](CO)[C@@H](O)C(NC(N)=NC[C@H]2CCCNC2)[C@H]1O. The molecule has 0 radical (unpaired) electrons.